The van der Waals surface area contributed by atoms with E-state index >= 15 is 0 Å². The second-order valence-electron chi connectivity index (χ2n) is 4.97. The smallest absolute Gasteiger partial charge is 0.316 e. The topological polar surface area (TPSA) is 52.1 Å². The summed E-state index contributed by atoms with van der Waals surface area (Å²) in [6.07, 6.45) is 0. The quantitative estimate of drug-likeness (QED) is 0.379. The summed E-state index contributed by atoms with van der Waals surface area (Å²) in [7, 11) is 0. The molecule has 0 unspecified atom stereocenters. The summed E-state index contributed by atoms with van der Waals surface area (Å²) in [5, 5.41) is 2.16. The van der Waals surface area contributed by atoms with Crippen molar-refractivity contribution in [2.75, 3.05) is 12.4 Å². The Labute approximate surface area is 149 Å². The third-order valence-corrected chi connectivity index (χ3v) is 4.49. The minimum atomic E-state index is -0.266. The Morgan fingerprint density at radius 2 is 1.96 bits per heavy atom. The van der Waals surface area contributed by atoms with Crippen LogP contribution in [0.1, 0.15) is 6.92 Å². The van der Waals surface area contributed by atoms with Gasteiger partial charge in [-0.05, 0) is 25.1 Å². The van der Waals surface area contributed by atoms with Crippen molar-refractivity contribution in [1.82, 2.24) is 9.97 Å². The molecule has 122 valence electrons. The highest BCUT2D eigenvalue weighted by Crippen LogP contribution is 2.30. The van der Waals surface area contributed by atoms with E-state index in [1.165, 1.54) is 11.8 Å². The van der Waals surface area contributed by atoms with Gasteiger partial charge in [0.2, 0.25) is 0 Å². The molecule has 0 aliphatic heterocycles. The first-order chi connectivity index (χ1) is 11.7. The molecular formula is C18H15ClN2O2S. The molecule has 0 bridgehead atoms. The van der Waals surface area contributed by atoms with Crippen LogP contribution < -0.4 is 0 Å². The average molecular weight is 359 g/mol. The highest BCUT2D eigenvalue weighted by atomic mass is 35.5. The van der Waals surface area contributed by atoms with Crippen molar-refractivity contribution >= 4 is 40.2 Å². The summed E-state index contributed by atoms with van der Waals surface area (Å²) in [6, 6.07) is 15.2. The van der Waals surface area contributed by atoms with Gasteiger partial charge in [0.1, 0.15) is 5.03 Å². The van der Waals surface area contributed by atoms with Crippen LogP contribution in [0.5, 0.6) is 0 Å². The first-order valence-corrected chi connectivity index (χ1v) is 8.85. The first kappa shape index (κ1) is 16.7. The van der Waals surface area contributed by atoms with E-state index in [2.05, 4.69) is 9.97 Å². The molecule has 4 nitrogen and oxygen atoms in total. The van der Waals surface area contributed by atoms with Gasteiger partial charge in [0.05, 0.1) is 17.9 Å². The molecule has 0 aliphatic carbocycles. The molecule has 0 fully saturated rings. The molecule has 3 rings (SSSR count). The predicted octanol–water partition coefficient (Wildman–Crippen LogP) is 4.61. The second-order valence-corrected chi connectivity index (χ2v) is 6.37. The van der Waals surface area contributed by atoms with Gasteiger partial charge in [-0.25, -0.2) is 9.97 Å². The van der Waals surface area contributed by atoms with E-state index < -0.39 is 0 Å². The number of ether oxygens (including phenoxy) is 1. The lowest BCUT2D eigenvalue weighted by Gasteiger charge is -2.09. The van der Waals surface area contributed by atoms with E-state index in [0.717, 1.165) is 21.5 Å². The summed E-state index contributed by atoms with van der Waals surface area (Å²) >= 11 is 7.43. The lowest BCUT2D eigenvalue weighted by atomic mass is 10.2. The zero-order valence-electron chi connectivity index (χ0n) is 13.0. The van der Waals surface area contributed by atoms with Gasteiger partial charge in [-0.1, -0.05) is 53.7 Å². The molecule has 0 aliphatic rings. The van der Waals surface area contributed by atoms with Crippen LogP contribution in [0.25, 0.3) is 22.3 Å². The Morgan fingerprint density at radius 3 is 2.71 bits per heavy atom. The summed E-state index contributed by atoms with van der Waals surface area (Å²) in [5.74, 6) is 0.551. The minimum Gasteiger partial charge on any atom is -0.465 e. The monoisotopic (exact) mass is 358 g/mol. The Bertz CT molecular complexity index is 872. The SMILES string of the molecule is CCOC(=O)CSc1nc(-c2ccccc2)nc2ccc(Cl)cc12. The number of halogens is 1. The third kappa shape index (κ3) is 3.86. The van der Waals surface area contributed by atoms with Crippen LogP contribution in [0.2, 0.25) is 5.02 Å². The lowest BCUT2D eigenvalue weighted by molar-refractivity contribution is -0.139. The molecule has 24 heavy (non-hydrogen) atoms. The van der Waals surface area contributed by atoms with Crippen molar-refractivity contribution in [3.63, 3.8) is 0 Å². The summed E-state index contributed by atoms with van der Waals surface area (Å²) in [6.45, 7) is 2.15. The molecular weight excluding hydrogens is 344 g/mol. The number of rotatable bonds is 5. The average Bonchev–Trinajstić information content (AvgIpc) is 2.60. The van der Waals surface area contributed by atoms with Gasteiger partial charge in [0.25, 0.3) is 0 Å². The number of aromatic nitrogens is 2. The number of benzene rings is 2. The molecule has 0 atom stereocenters. The summed E-state index contributed by atoms with van der Waals surface area (Å²) in [5.41, 5.74) is 1.71. The molecule has 0 saturated heterocycles. The van der Waals surface area contributed by atoms with Crippen LogP contribution in [0.15, 0.2) is 53.6 Å². The van der Waals surface area contributed by atoms with Crippen molar-refractivity contribution in [2.45, 2.75) is 11.9 Å². The van der Waals surface area contributed by atoms with Crippen molar-refractivity contribution in [2.24, 2.45) is 0 Å². The van der Waals surface area contributed by atoms with E-state index in [1.807, 2.05) is 42.5 Å². The Kier molecular flexibility index (Phi) is 5.33. The number of carbonyl (C=O) groups is 1. The zero-order valence-corrected chi connectivity index (χ0v) is 14.6. The van der Waals surface area contributed by atoms with Crippen LogP contribution in [-0.2, 0) is 9.53 Å². The standard InChI is InChI=1S/C18H15ClN2O2S/c1-2-23-16(22)11-24-18-14-10-13(19)8-9-15(14)20-17(21-18)12-6-4-3-5-7-12/h3-10H,2,11H2,1H3. The maximum absolute atomic E-state index is 11.7. The van der Waals surface area contributed by atoms with Crippen LogP contribution in [0, 0.1) is 0 Å². The molecule has 0 saturated carbocycles. The summed E-state index contributed by atoms with van der Waals surface area (Å²) < 4.78 is 4.99. The fourth-order valence-electron chi connectivity index (χ4n) is 2.23. The van der Waals surface area contributed by atoms with E-state index in [9.17, 15) is 4.79 Å². The second kappa shape index (κ2) is 7.64. The predicted molar refractivity (Wildman–Crippen MR) is 97.3 cm³/mol. The van der Waals surface area contributed by atoms with E-state index in [-0.39, 0.29) is 11.7 Å². The number of nitrogens with zero attached hydrogens (tertiary/aromatic N) is 2. The van der Waals surface area contributed by atoms with E-state index in [0.29, 0.717) is 17.5 Å². The first-order valence-electron chi connectivity index (χ1n) is 7.48. The molecule has 1 heterocycles. The molecule has 2 aromatic carbocycles. The van der Waals surface area contributed by atoms with Crippen LogP contribution in [0.3, 0.4) is 0 Å². The third-order valence-electron chi connectivity index (χ3n) is 3.29. The van der Waals surface area contributed by atoms with Gasteiger partial charge < -0.3 is 4.74 Å². The highest BCUT2D eigenvalue weighted by molar-refractivity contribution is 8.00. The largest absolute Gasteiger partial charge is 0.465 e. The Morgan fingerprint density at radius 1 is 1.17 bits per heavy atom. The molecule has 0 amide bonds. The maximum Gasteiger partial charge on any atom is 0.316 e. The Balaban J connectivity index is 2.03. The van der Waals surface area contributed by atoms with Crippen molar-refractivity contribution in [1.29, 1.82) is 0 Å². The number of hydrogen-bond donors (Lipinski definition) is 0. The van der Waals surface area contributed by atoms with Crippen LogP contribution in [-0.4, -0.2) is 28.3 Å². The fraction of sp³-hybridized carbons (Fsp3) is 0.167. The number of carbonyl (C=O) groups excluding carboxylic acids is 1. The highest BCUT2D eigenvalue weighted by Gasteiger charge is 2.12. The van der Waals surface area contributed by atoms with Gasteiger partial charge in [-0.3, -0.25) is 4.79 Å². The number of hydrogen-bond acceptors (Lipinski definition) is 5. The molecule has 0 radical (unpaired) electrons. The van der Waals surface area contributed by atoms with Crippen LogP contribution in [0.4, 0.5) is 0 Å². The lowest BCUT2D eigenvalue weighted by Crippen LogP contribution is -2.07. The molecule has 6 heteroatoms. The van der Waals surface area contributed by atoms with Gasteiger partial charge in [0, 0.05) is 16.0 Å². The van der Waals surface area contributed by atoms with Gasteiger partial charge in [0.15, 0.2) is 5.82 Å². The number of thioether (sulfide) groups is 1. The molecule has 0 spiro atoms. The fourth-order valence-corrected chi connectivity index (χ4v) is 3.21. The van der Waals surface area contributed by atoms with Crippen molar-refractivity contribution in [3.05, 3.63) is 53.6 Å². The normalized spacial score (nSPS) is 10.8. The molecule has 1 aromatic heterocycles. The van der Waals surface area contributed by atoms with Gasteiger partial charge in [-0.15, -0.1) is 0 Å². The van der Waals surface area contributed by atoms with Crippen molar-refractivity contribution in [3.8, 4) is 11.4 Å². The maximum atomic E-state index is 11.7. The van der Waals surface area contributed by atoms with E-state index in [4.69, 9.17) is 16.3 Å². The zero-order chi connectivity index (χ0) is 16.9. The van der Waals surface area contributed by atoms with E-state index in [1.54, 1.807) is 13.0 Å². The molecule has 0 N–H and O–H groups in total. The van der Waals surface area contributed by atoms with Gasteiger partial charge in [-0.2, -0.15) is 0 Å². The Hall–Kier alpha value is -2.11. The van der Waals surface area contributed by atoms with Gasteiger partial charge >= 0.3 is 5.97 Å². The van der Waals surface area contributed by atoms with Crippen molar-refractivity contribution < 1.29 is 9.53 Å². The minimum absolute atomic E-state index is 0.195. The summed E-state index contributed by atoms with van der Waals surface area (Å²) in [4.78, 5) is 20.9. The number of esters is 1. The van der Waals surface area contributed by atoms with Crippen LogP contribution >= 0.6 is 23.4 Å². The number of fused-ring (bicyclic) bond motifs is 1. The molecule has 3 aromatic rings.